The Bertz CT molecular complexity index is 215. The molecule has 0 rings (SSSR count). The second kappa shape index (κ2) is 7.22. The molecule has 5 nitrogen and oxygen atoms in total. The van der Waals surface area contributed by atoms with Gasteiger partial charge in [0, 0.05) is 12.1 Å². The fourth-order valence-corrected chi connectivity index (χ4v) is 1.28. The van der Waals surface area contributed by atoms with E-state index < -0.39 is 0 Å². The van der Waals surface area contributed by atoms with E-state index in [0.717, 1.165) is 0 Å². The van der Waals surface area contributed by atoms with Gasteiger partial charge in [-0.05, 0) is 34.7 Å². The van der Waals surface area contributed by atoms with Crippen molar-refractivity contribution in [2.24, 2.45) is 0 Å². The van der Waals surface area contributed by atoms with Gasteiger partial charge in [0.1, 0.15) is 0 Å². The van der Waals surface area contributed by atoms with Crippen molar-refractivity contribution in [1.82, 2.24) is 15.5 Å². The standard InChI is InChI=1S/C11H23N3O2/c1-8(2)12-10(15)6-14(5)7-11(16)13-9(3)4/h8-9H,6-7H2,1-5H3,(H,12,15)(H,13,16). The smallest absolute Gasteiger partial charge is 0.234 e. The molecule has 0 unspecified atom stereocenters. The minimum Gasteiger partial charge on any atom is -0.353 e. The van der Waals surface area contributed by atoms with Gasteiger partial charge in [-0.2, -0.15) is 0 Å². The van der Waals surface area contributed by atoms with Crippen molar-refractivity contribution in [3.63, 3.8) is 0 Å². The van der Waals surface area contributed by atoms with E-state index in [0.29, 0.717) is 0 Å². The lowest BCUT2D eigenvalue weighted by Crippen LogP contribution is -2.43. The number of amides is 2. The van der Waals surface area contributed by atoms with Crippen LogP contribution in [0.3, 0.4) is 0 Å². The first kappa shape index (κ1) is 14.9. The first-order chi connectivity index (χ1) is 7.31. The predicted molar refractivity (Wildman–Crippen MR) is 64.1 cm³/mol. The molecule has 5 heteroatoms. The van der Waals surface area contributed by atoms with E-state index >= 15 is 0 Å². The van der Waals surface area contributed by atoms with E-state index in [2.05, 4.69) is 10.6 Å². The number of nitrogens with zero attached hydrogens (tertiary/aromatic N) is 1. The molecule has 0 fully saturated rings. The van der Waals surface area contributed by atoms with Crippen molar-refractivity contribution in [3.8, 4) is 0 Å². The molecule has 0 aliphatic rings. The van der Waals surface area contributed by atoms with Gasteiger partial charge in [-0.15, -0.1) is 0 Å². The van der Waals surface area contributed by atoms with Crippen molar-refractivity contribution in [3.05, 3.63) is 0 Å². The second-order valence-electron chi connectivity index (χ2n) is 4.62. The van der Waals surface area contributed by atoms with Crippen LogP contribution >= 0.6 is 0 Å². The number of hydrogen-bond acceptors (Lipinski definition) is 3. The third-order valence-electron chi connectivity index (χ3n) is 1.73. The Balaban J connectivity index is 3.85. The lowest BCUT2D eigenvalue weighted by atomic mass is 10.3. The maximum atomic E-state index is 11.4. The molecular weight excluding hydrogens is 206 g/mol. The van der Waals surface area contributed by atoms with Gasteiger partial charge in [0.05, 0.1) is 13.1 Å². The van der Waals surface area contributed by atoms with E-state index in [4.69, 9.17) is 0 Å². The van der Waals surface area contributed by atoms with Crippen LogP contribution in [0.25, 0.3) is 0 Å². The number of nitrogens with one attached hydrogen (secondary N) is 2. The highest BCUT2D eigenvalue weighted by molar-refractivity contribution is 5.81. The first-order valence-corrected chi connectivity index (χ1v) is 5.58. The minimum absolute atomic E-state index is 0.0603. The van der Waals surface area contributed by atoms with E-state index in [-0.39, 0.29) is 37.0 Å². The van der Waals surface area contributed by atoms with E-state index in [1.807, 2.05) is 27.7 Å². The van der Waals surface area contributed by atoms with Crippen molar-refractivity contribution in [2.45, 2.75) is 39.8 Å². The van der Waals surface area contributed by atoms with Crippen molar-refractivity contribution < 1.29 is 9.59 Å². The maximum Gasteiger partial charge on any atom is 0.234 e. The van der Waals surface area contributed by atoms with E-state index in [1.54, 1.807) is 11.9 Å². The van der Waals surface area contributed by atoms with Crippen LogP contribution in [0.1, 0.15) is 27.7 Å². The fourth-order valence-electron chi connectivity index (χ4n) is 1.28. The molecule has 0 saturated heterocycles. The molecule has 0 aromatic carbocycles. The van der Waals surface area contributed by atoms with Gasteiger partial charge in [-0.1, -0.05) is 0 Å². The first-order valence-electron chi connectivity index (χ1n) is 5.58. The number of carbonyl (C=O) groups is 2. The molecule has 0 aromatic heterocycles. The Kier molecular flexibility index (Phi) is 6.72. The minimum atomic E-state index is -0.0603. The number of likely N-dealkylation sites (N-methyl/N-ethyl adjacent to an activating group) is 1. The maximum absolute atomic E-state index is 11.4. The molecule has 0 spiro atoms. The van der Waals surface area contributed by atoms with Crippen LogP contribution in [-0.4, -0.2) is 48.9 Å². The van der Waals surface area contributed by atoms with Gasteiger partial charge >= 0.3 is 0 Å². The molecular formula is C11H23N3O2. The third kappa shape index (κ3) is 8.23. The van der Waals surface area contributed by atoms with Crippen LogP contribution in [0.4, 0.5) is 0 Å². The molecule has 94 valence electrons. The summed E-state index contributed by atoms with van der Waals surface area (Å²) in [7, 11) is 1.75. The molecule has 0 heterocycles. The van der Waals surface area contributed by atoms with Gasteiger partial charge in [0.2, 0.25) is 11.8 Å². The Morgan fingerprint density at radius 2 is 1.25 bits per heavy atom. The molecule has 0 aliphatic carbocycles. The third-order valence-corrected chi connectivity index (χ3v) is 1.73. The van der Waals surface area contributed by atoms with E-state index in [9.17, 15) is 9.59 Å². The Morgan fingerprint density at radius 3 is 1.50 bits per heavy atom. The zero-order valence-corrected chi connectivity index (χ0v) is 10.8. The average Bonchev–Trinajstić information content (AvgIpc) is 1.97. The summed E-state index contributed by atoms with van der Waals surface area (Å²) in [6, 6.07) is 0.260. The van der Waals surface area contributed by atoms with E-state index in [1.165, 1.54) is 0 Å². The number of hydrogen-bond donors (Lipinski definition) is 2. The quantitative estimate of drug-likeness (QED) is 0.672. The van der Waals surface area contributed by atoms with Crippen LogP contribution in [0.5, 0.6) is 0 Å². The SMILES string of the molecule is CC(C)NC(=O)CN(C)CC(=O)NC(C)C. The topological polar surface area (TPSA) is 61.4 Å². The second-order valence-corrected chi connectivity index (χ2v) is 4.62. The fraction of sp³-hybridized carbons (Fsp3) is 0.818. The molecule has 0 radical (unpaired) electrons. The highest BCUT2D eigenvalue weighted by Gasteiger charge is 2.11. The molecule has 0 bridgehead atoms. The van der Waals surface area contributed by atoms with Crippen LogP contribution in [0.15, 0.2) is 0 Å². The predicted octanol–water partition coefficient (Wildman–Crippen LogP) is -0.0326. The molecule has 2 N–H and O–H groups in total. The normalized spacial score (nSPS) is 11.0. The van der Waals surface area contributed by atoms with Crippen molar-refractivity contribution >= 4 is 11.8 Å². The van der Waals surface area contributed by atoms with Gasteiger partial charge in [0.25, 0.3) is 0 Å². The summed E-state index contributed by atoms with van der Waals surface area (Å²) in [6.45, 7) is 8.10. The Hall–Kier alpha value is -1.10. The zero-order valence-electron chi connectivity index (χ0n) is 10.8. The summed E-state index contributed by atoms with van der Waals surface area (Å²) >= 11 is 0. The molecule has 2 amide bonds. The summed E-state index contributed by atoms with van der Waals surface area (Å²) in [5, 5.41) is 5.55. The summed E-state index contributed by atoms with van der Waals surface area (Å²) < 4.78 is 0. The van der Waals surface area contributed by atoms with Crippen LogP contribution in [-0.2, 0) is 9.59 Å². The Morgan fingerprint density at radius 1 is 0.938 bits per heavy atom. The van der Waals surface area contributed by atoms with Gasteiger partial charge in [0.15, 0.2) is 0 Å². The zero-order chi connectivity index (χ0) is 12.7. The van der Waals surface area contributed by atoms with Crippen LogP contribution in [0, 0.1) is 0 Å². The van der Waals surface area contributed by atoms with Crippen molar-refractivity contribution in [2.75, 3.05) is 20.1 Å². The lowest BCUT2D eigenvalue weighted by Gasteiger charge is -2.17. The molecule has 0 aromatic rings. The number of rotatable bonds is 6. The summed E-state index contributed by atoms with van der Waals surface area (Å²) in [5.74, 6) is -0.121. The molecule has 0 aliphatic heterocycles. The number of carbonyl (C=O) groups excluding carboxylic acids is 2. The highest BCUT2D eigenvalue weighted by atomic mass is 16.2. The van der Waals surface area contributed by atoms with Gasteiger partial charge < -0.3 is 10.6 Å². The molecule has 0 saturated carbocycles. The lowest BCUT2D eigenvalue weighted by molar-refractivity contribution is -0.125. The van der Waals surface area contributed by atoms with Gasteiger partial charge in [-0.25, -0.2) is 0 Å². The monoisotopic (exact) mass is 229 g/mol. The van der Waals surface area contributed by atoms with Gasteiger partial charge in [-0.3, -0.25) is 14.5 Å². The summed E-state index contributed by atoms with van der Waals surface area (Å²) in [6.07, 6.45) is 0. The summed E-state index contributed by atoms with van der Waals surface area (Å²) in [4.78, 5) is 24.5. The van der Waals surface area contributed by atoms with Crippen LogP contribution in [0.2, 0.25) is 0 Å². The largest absolute Gasteiger partial charge is 0.353 e. The molecule has 16 heavy (non-hydrogen) atoms. The summed E-state index contributed by atoms with van der Waals surface area (Å²) in [5.41, 5.74) is 0. The van der Waals surface area contributed by atoms with Crippen molar-refractivity contribution in [1.29, 1.82) is 0 Å². The van der Waals surface area contributed by atoms with Crippen LogP contribution < -0.4 is 10.6 Å². The molecule has 0 atom stereocenters. The average molecular weight is 229 g/mol. The highest BCUT2D eigenvalue weighted by Crippen LogP contribution is 1.86. The Labute approximate surface area is 97.6 Å².